The van der Waals surface area contributed by atoms with E-state index in [9.17, 15) is 9.90 Å². The number of H-pyrrole nitrogens is 1. The summed E-state index contributed by atoms with van der Waals surface area (Å²) in [5.41, 5.74) is 4.12. The lowest BCUT2D eigenvalue weighted by molar-refractivity contribution is -0.134. The zero-order chi connectivity index (χ0) is 19.0. The number of likely N-dealkylation sites (tertiary alicyclic amines) is 1. The highest BCUT2D eigenvalue weighted by molar-refractivity contribution is 5.76. The van der Waals surface area contributed by atoms with E-state index in [4.69, 9.17) is 9.47 Å². The van der Waals surface area contributed by atoms with Gasteiger partial charge in [0.2, 0.25) is 12.7 Å². The first-order chi connectivity index (χ1) is 13.0. The summed E-state index contributed by atoms with van der Waals surface area (Å²) in [5, 5.41) is 17.9. The Balaban J connectivity index is 1.35. The largest absolute Gasteiger partial charge is 0.454 e. The maximum Gasteiger partial charge on any atom is 0.231 e. The fourth-order valence-electron chi connectivity index (χ4n) is 3.85. The summed E-state index contributed by atoms with van der Waals surface area (Å²) in [6, 6.07) is 5.80. The second-order valence-electron chi connectivity index (χ2n) is 7.34. The third-order valence-corrected chi connectivity index (χ3v) is 5.69. The van der Waals surface area contributed by atoms with Crippen molar-refractivity contribution in [1.29, 1.82) is 0 Å². The third-order valence-electron chi connectivity index (χ3n) is 5.69. The summed E-state index contributed by atoms with van der Waals surface area (Å²) >= 11 is 0. The van der Waals surface area contributed by atoms with Crippen LogP contribution in [0.5, 0.6) is 11.5 Å². The van der Waals surface area contributed by atoms with Crippen molar-refractivity contribution in [2.45, 2.75) is 45.1 Å². The molecule has 1 aromatic heterocycles. The Morgan fingerprint density at radius 3 is 2.89 bits per heavy atom. The molecule has 2 aromatic rings. The van der Waals surface area contributed by atoms with E-state index in [-0.39, 0.29) is 18.6 Å². The number of aromatic amines is 1. The van der Waals surface area contributed by atoms with Gasteiger partial charge in [0.1, 0.15) is 0 Å². The number of carbonyl (C=O) groups excluding carboxylic acids is 1. The van der Waals surface area contributed by atoms with Gasteiger partial charge in [-0.25, -0.2) is 0 Å². The molecular weight excluding hydrogens is 346 g/mol. The molecule has 1 saturated heterocycles. The number of carbonyl (C=O) groups is 1. The Morgan fingerprint density at radius 2 is 2.15 bits per heavy atom. The van der Waals surface area contributed by atoms with E-state index in [2.05, 4.69) is 10.2 Å². The van der Waals surface area contributed by atoms with Gasteiger partial charge < -0.3 is 19.5 Å². The smallest absolute Gasteiger partial charge is 0.231 e. The van der Waals surface area contributed by atoms with Crippen molar-refractivity contribution >= 4 is 5.91 Å². The Labute approximate surface area is 158 Å². The van der Waals surface area contributed by atoms with Crippen LogP contribution in [0.4, 0.5) is 0 Å². The average molecular weight is 371 g/mol. The predicted molar refractivity (Wildman–Crippen MR) is 98.9 cm³/mol. The molecule has 0 saturated carbocycles. The summed E-state index contributed by atoms with van der Waals surface area (Å²) in [6.07, 6.45) is 1.17. The predicted octanol–water partition coefficient (Wildman–Crippen LogP) is 2.06. The van der Waals surface area contributed by atoms with Crippen LogP contribution in [0.3, 0.4) is 0 Å². The van der Waals surface area contributed by atoms with Crippen LogP contribution < -0.4 is 9.47 Å². The molecule has 0 bridgehead atoms. The zero-order valence-corrected chi connectivity index (χ0v) is 15.7. The molecule has 2 aliphatic heterocycles. The average Bonchev–Trinajstić information content (AvgIpc) is 3.26. The third kappa shape index (κ3) is 3.51. The molecule has 7 heteroatoms. The van der Waals surface area contributed by atoms with E-state index in [0.717, 1.165) is 40.4 Å². The summed E-state index contributed by atoms with van der Waals surface area (Å²) in [4.78, 5) is 14.3. The second-order valence-corrected chi connectivity index (χ2v) is 7.34. The second kappa shape index (κ2) is 7.23. The lowest BCUT2D eigenvalue weighted by Crippen LogP contribution is -2.45. The molecule has 144 valence electrons. The molecule has 0 aliphatic carbocycles. The highest BCUT2D eigenvalue weighted by atomic mass is 16.7. The van der Waals surface area contributed by atoms with E-state index in [1.165, 1.54) is 0 Å². The number of rotatable bonds is 4. The summed E-state index contributed by atoms with van der Waals surface area (Å²) in [6.45, 7) is 5.23. The number of aromatic nitrogens is 2. The van der Waals surface area contributed by atoms with E-state index in [1.54, 1.807) is 4.90 Å². The number of amides is 1. The van der Waals surface area contributed by atoms with Crippen molar-refractivity contribution < 1.29 is 19.4 Å². The molecule has 2 N–H and O–H groups in total. The molecule has 0 spiro atoms. The van der Waals surface area contributed by atoms with Gasteiger partial charge in [0.05, 0.1) is 11.8 Å². The number of hydrogen-bond donors (Lipinski definition) is 2. The van der Waals surface area contributed by atoms with Gasteiger partial charge in [0.25, 0.3) is 0 Å². The summed E-state index contributed by atoms with van der Waals surface area (Å²) < 4.78 is 10.8. The molecule has 0 unspecified atom stereocenters. The minimum atomic E-state index is -0.586. The Bertz CT molecular complexity index is 848. The molecule has 1 amide bonds. The van der Waals surface area contributed by atoms with Crippen molar-refractivity contribution in [3.05, 3.63) is 40.7 Å². The van der Waals surface area contributed by atoms with E-state index < -0.39 is 6.10 Å². The lowest BCUT2D eigenvalue weighted by atomic mass is 9.86. The molecule has 27 heavy (non-hydrogen) atoms. The molecule has 4 rings (SSSR count). The monoisotopic (exact) mass is 371 g/mol. The van der Waals surface area contributed by atoms with E-state index in [0.29, 0.717) is 25.9 Å². The summed E-state index contributed by atoms with van der Waals surface area (Å²) in [7, 11) is 0. The lowest BCUT2D eigenvalue weighted by Gasteiger charge is -2.36. The zero-order valence-electron chi connectivity index (χ0n) is 15.7. The number of β-amino-alcohol motifs (C(OH)–C–C–N with tert-alkyl or cyclic N) is 1. The number of aliphatic hydroxyl groups is 1. The number of nitrogens with zero attached hydrogens (tertiary/aromatic N) is 2. The van der Waals surface area contributed by atoms with Crippen molar-refractivity contribution in [3.8, 4) is 11.5 Å². The van der Waals surface area contributed by atoms with Crippen molar-refractivity contribution in [2.75, 3.05) is 19.9 Å². The molecule has 1 aromatic carbocycles. The summed E-state index contributed by atoms with van der Waals surface area (Å²) in [5.74, 6) is 1.53. The van der Waals surface area contributed by atoms with Crippen LogP contribution in [-0.2, 0) is 11.2 Å². The minimum absolute atomic E-state index is 0.000200. The maximum absolute atomic E-state index is 12.6. The van der Waals surface area contributed by atoms with Gasteiger partial charge in [-0.3, -0.25) is 9.89 Å². The number of aryl methyl sites for hydroxylation is 2. The first-order valence-corrected chi connectivity index (χ1v) is 9.38. The van der Waals surface area contributed by atoms with Crippen LogP contribution in [0.2, 0.25) is 0 Å². The molecule has 2 atom stereocenters. The Kier molecular flexibility index (Phi) is 4.78. The number of benzene rings is 1. The van der Waals surface area contributed by atoms with Crippen LogP contribution in [-0.4, -0.2) is 52.1 Å². The standard InChI is InChI=1S/C20H25N3O4/c1-12-13(2)21-22-16(12)4-6-20(25)23-8-7-15(17(24)10-23)14-3-5-18-19(9-14)27-11-26-18/h3,5,9,15,17,24H,4,6-8,10-11H2,1-2H3,(H,21,22)/t15-,17+/m0/s1. The first-order valence-electron chi connectivity index (χ1n) is 9.38. The molecular formula is C20H25N3O4. The Morgan fingerprint density at radius 1 is 1.33 bits per heavy atom. The van der Waals surface area contributed by atoms with Gasteiger partial charge in [-0.1, -0.05) is 6.07 Å². The first kappa shape index (κ1) is 17.9. The van der Waals surface area contributed by atoms with Crippen LogP contribution in [0, 0.1) is 13.8 Å². The van der Waals surface area contributed by atoms with Crippen LogP contribution in [0.1, 0.15) is 41.3 Å². The number of fused-ring (bicyclic) bond motifs is 1. The van der Waals surface area contributed by atoms with Crippen LogP contribution in [0.25, 0.3) is 0 Å². The SMILES string of the molecule is Cc1[nH]nc(CCC(=O)N2CC[C@@H](c3ccc4c(c3)OCO4)[C@H](O)C2)c1C. The van der Waals surface area contributed by atoms with Gasteiger partial charge in [-0.05, 0) is 43.5 Å². The molecule has 0 radical (unpaired) electrons. The fourth-order valence-corrected chi connectivity index (χ4v) is 3.85. The van der Waals surface area contributed by atoms with Gasteiger partial charge in [0, 0.05) is 37.5 Å². The molecule has 2 aliphatic rings. The molecule has 1 fully saturated rings. The van der Waals surface area contributed by atoms with Crippen molar-refractivity contribution in [3.63, 3.8) is 0 Å². The van der Waals surface area contributed by atoms with Gasteiger partial charge >= 0.3 is 0 Å². The maximum atomic E-state index is 12.6. The van der Waals surface area contributed by atoms with Gasteiger partial charge in [0.15, 0.2) is 11.5 Å². The quantitative estimate of drug-likeness (QED) is 0.859. The number of piperidine rings is 1. The van der Waals surface area contributed by atoms with Crippen molar-refractivity contribution in [1.82, 2.24) is 15.1 Å². The van der Waals surface area contributed by atoms with E-state index in [1.807, 2.05) is 32.0 Å². The van der Waals surface area contributed by atoms with Gasteiger partial charge in [-0.15, -0.1) is 0 Å². The number of aliphatic hydroxyl groups excluding tert-OH is 1. The highest BCUT2D eigenvalue weighted by Crippen LogP contribution is 2.37. The highest BCUT2D eigenvalue weighted by Gasteiger charge is 2.32. The number of ether oxygens (including phenoxy) is 2. The molecule has 7 nitrogen and oxygen atoms in total. The topological polar surface area (TPSA) is 87.7 Å². The Hall–Kier alpha value is -2.54. The minimum Gasteiger partial charge on any atom is -0.454 e. The number of hydrogen-bond acceptors (Lipinski definition) is 5. The van der Waals surface area contributed by atoms with E-state index >= 15 is 0 Å². The van der Waals surface area contributed by atoms with Crippen LogP contribution in [0.15, 0.2) is 18.2 Å². The van der Waals surface area contributed by atoms with Gasteiger partial charge in [-0.2, -0.15) is 5.10 Å². The van der Waals surface area contributed by atoms with Crippen molar-refractivity contribution in [2.24, 2.45) is 0 Å². The molecule has 3 heterocycles. The van der Waals surface area contributed by atoms with Crippen LogP contribution >= 0.6 is 0 Å². The normalized spacial score (nSPS) is 21.5. The number of nitrogens with one attached hydrogen (secondary N) is 1. The fraction of sp³-hybridized carbons (Fsp3) is 0.500.